The molecule has 0 bridgehead atoms. The number of rotatable bonds is 4. The van der Waals surface area contributed by atoms with Crippen molar-refractivity contribution in [3.63, 3.8) is 0 Å². The van der Waals surface area contributed by atoms with Crippen molar-refractivity contribution in [1.82, 2.24) is 4.31 Å². The van der Waals surface area contributed by atoms with Crippen molar-refractivity contribution in [3.8, 4) is 0 Å². The molecule has 134 valence electrons. The summed E-state index contributed by atoms with van der Waals surface area (Å²) in [5.74, 6) is -2.45. The fourth-order valence-corrected chi connectivity index (χ4v) is 5.91. The molecule has 1 heterocycles. The van der Waals surface area contributed by atoms with E-state index in [1.165, 1.54) is 24.3 Å². The van der Waals surface area contributed by atoms with Gasteiger partial charge in [0.25, 0.3) is 0 Å². The number of sulfone groups is 1. The zero-order chi connectivity index (χ0) is 18.4. The lowest BCUT2D eigenvalue weighted by atomic mass is 10.3. The Kier molecular flexibility index (Phi) is 4.61. The maximum absolute atomic E-state index is 13.3. The van der Waals surface area contributed by atoms with Crippen LogP contribution in [-0.2, 0) is 19.9 Å². The Morgan fingerprint density at radius 3 is 2.00 bits per heavy atom. The van der Waals surface area contributed by atoms with Crippen molar-refractivity contribution in [2.24, 2.45) is 0 Å². The van der Waals surface area contributed by atoms with E-state index in [1.807, 2.05) is 0 Å². The van der Waals surface area contributed by atoms with Crippen LogP contribution in [0.3, 0.4) is 0 Å². The molecule has 5 nitrogen and oxygen atoms in total. The molecule has 1 aliphatic rings. The van der Waals surface area contributed by atoms with Gasteiger partial charge in [0.1, 0.15) is 0 Å². The predicted octanol–water partition coefficient (Wildman–Crippen LogP) is 2.47. The van der Waals surface area contributed by atoms with Crippen molar-refractivity contribution in [2.45, 2.75) is 15.0 Å². The summed E-state index contributed by atoms with van der Waals surface area (Å²) >= 11 is 5.72. The third kappa shape index (κ3) is 3.29. The van der Waals surface area contributed by atoms with Crippen LogP contribution in [-0.4, -0.2) is 39.5 Å². The van der Waals surface area contributed by atoms with Crippen LogP contribution >= 0.6 is 11.6 Å². The van der Waals surface area contributed by atoms with Gasteiger partial charge in [0.15, 0.2) is 21.5 Å². The molecule has 2 aromatic rings. The van der Waals surface area contributed by atoms with Gasteiger partial charge in [0.05, 0.1) is 15.0 Å². The van der Waals surface area contributed by atoms with E-state index in [2.05, 4.69) is 0 Å². The number of sulfonamides is 1. The summed E-state index contributed by atoms with van der Waals surface area (Å²) in [6.07, 6.45) is 0. The highest BCUT2D eigenvalue weighted by molar-refractivity contribution is 7.92. The first-order valence-corrected chi connectivity index (χ1v) is 10.4. The number of benzene rings is 2. The highest BCUT2D eigenvalue weighted by Gasteiger charge is 2.44. The molecule has 1 fully saturated rings. The molecule has 0 aromatic heterocycles. The molecule has 0 amide bonds. The van der Waals surface area contributed by atoms with Gasteiger partial charge >= 0.3 is 0 Å². The van der Waals surface area contributed by atoms with E-state index < -0.39 is 41.6 Å². The van der Waals surface area contributed by atoms with Gasteiger partial charge in [-0.1, -0.05) is 11.6 Å². The third-order valence-corrected chi connectivity index (χ3v) is 8.11. The SMILES string of the molecule is O=S(=O)(c1ccc(Cl)cc1)C1CN(S(=O)(=O)c2ccc(F)c(F)c2)C1. The van der Waals surface area contributed by atoms with E-state index >= 15 is 0 Å². The van der Waals surface area contributed by atoms with E-state index in [9.17, 15) is 25.6 Å². The molecule has 2 aromatic carbocycles. The molecule has 0 radical (unpaired) electrons. The molecule has 0 unspecified atom stereocenters. The van der Waals surface area contributed by atoms with Gasteiger partial charge in [-0.05, 0) is 42.5 Å². The average Bonchev–Trinajstić information content (AvgIpc) is 2.48. The smallest absolute Gasteiger partial charge is 0.223 e. The van der Waals surface area contributed by atoms with E-state index in [1.54, 1.807) is 0 Å². The molecular weight excluding hydrogens is 396 g/mol. The highest BCUT2D eigenvalue weighted by Crippen LogP contribution is 2.29. The molecule has 1 saturated heterocycles. The molecule has 0 N–H and O–H groups in total. The second-order valence-electron chi connectivity index (χ2n) is 5.52. The largest absolute Gasteiger partial charge is 0.243 e. The minimum Gasteiger partial charge on any atom is -0.223 e. The second-order valence-corrected chi connectivity index (χ2v) is 10.1. The molecule has 25 heavy (non-hydrogen) atoms. The van der Waals surface area contributed by atoms with E-state index in [-0.39, 0.29) is 18.0 Å². The summed E-state index contributed by atoms with van der Waals surface area (Å²) in [4.78, 5) is -0.375. The van der Waals surface area contributed by atoms with Crippen LogP contribution in [0.5, 0.6) is 0 Å². The van der Waals surface area contributed by atoms with Crippen LogP contribution in [0.15, 0.2) is 52.3 Å². The van der Waals surface area contributed by atoms with Gasteiger partial charge in [-0.3, -0.25) is 0 Å². The van der Waals surface area contributed by atoms with Crippen molar-refractivity contribution < 1.29 is 25.6 Å². The molecule has 0 atom stereocenters. The van der Waals surface area contributed by atoms with Crippen LogP contribution in [0, 0.1) is 11.6 Å². The Morgan fingerprint density at radius 1 is 0.880 bits per heavy atom. The Bertz CT molecular complexity index is 1020. The molecular formula is C15H12ClF2NO4S2. The third-order valence-electron chi connectivity index (χ3n) is 3.92. The Balaban J connectivity index is 1.79. The average molecular weight is 408 g/mol. The van der Waals surface area contributed by atoms with Gasteiger partial charge < -0.3 is 0 Å². The van der Waals surface area contributed by atoms with Crippen molar-refractivity contribution >= 4 is 31.5 Å². The fraction of sp³-hybridized carbons (Fsp3) is 0.200. The Hall–Kier alpha value is -1.55. The Morgan fingerprint density at radius 2 is 1.44 bits per heavy atom. The summed E-state index contributed by atoms with van der Waals surface area (Å²) in [5.41, 5.74) is 0. The van der Waals surface area contributed by atoms with Crippen LogP contribution in [0.1, 0.15) is 0 Å². The van der Waals surface area contributed by atoms with Gasteiger partial charge in [-0.2, -0.15) is 4.31 Å². The minimum absolute atomic E-state index is 0.0479. The maximum atomic E-state index is 13.3. The van der Waals surface area contributed by atoms with Gasteiger partial charge in [0.2, 0.25) is 10.0 Å². The van der Waals surface area contributed by atoms with Crippen molar-refractivity contribution in [1.29, 1.82) is 0 Å². The molecule has 3 rings (SSSR count). The van der Waals surface area contributed by atoms with Crippen LogP contribution in [0.25, 0.3) is 0 Å². The number of halogens is 3. The normalized spacial score (nSPS) is 16.6. The first kappa shape index (κ1) is 18.2. The molecule has 0 saturated carbocycles. The fourth-order valence-electron chi connectivity index (χ4n) is 2.40. The molecule has 1 aliphatic heterocycles. The number of hydrogen-bond acceptors (Lipinski definition) is 4. The van der Waals surface area contributed by atoms with Crippen molar-refractivity contribution in [2.75, 3.05) is 13.1 Å². The monoisotopic (exact) mass is 407 g/mol. The summed E-state index contributed by atoms with van der Waals surface area (Å²) in [7, 11) is -7.79. The lowest BCUT2D eigenvalue weighted by Crippen LogP contribution is -2.56. The molecule has 10 heteroatoms. The summed E-state index contributed by atoms with van der Waals surface area (Å²) in [6, 6.07) is 7.80. The predicted molar refractivity (Wildman–Crippen MR) is 87.5 cm³/mol. The minimum atomic E-state index is -4.08. The highest BCUT2D eigenvalue weighted by atomic mass is 35.5. The lowest BCUT2D eigenvalue weighted by Gasteiger charge is -2.37. The van der Waals surface area contributed by atoms with Crippen molar-refractivity contribution in [3.05, 3.63) is 59.1 Å². The first-order valence-electron chi connectivity index (χ1n) is 7.07. The maximum Gasteiger partial charge on any atom is 0.243 e. The number of nitrogens with zero attached hydrogens (tertiary/aromatic N) is 1. The summed E-state index contributed by atoms with van der Waals surface area (Å²) in [6.45, 7) is -0.515. The molecule has 0 spiro atoms. The first-order chi connectivity index (χ1) is 11.6. The van der Waals surface area contributed by atoms with Gasteiger partial charge in [-0.25, -0.2) is 25.6 Å². The van der Waals surface area contributed by atoms with E-state index in [4.69, 9.17) is 11.6 Å². The zero-order valence-electron chi connectivity index (χ0n) is 12.6. The number of hydrogen-bond donors (Lipinski definition) is 0. The molecule has 0 aliphatic carbocycles. The zero-order valence-corrected chi connectivity index (χ0v) is 15.0. The van der Waals surface area contributed by atoms with E-state index in [0.29, 0.717) is 17.2 Å². The lowest BCUT2D eigenvalue weighted by molar-refractivity contribution is 0.309. The quantitative estimate of drug-likeness (QED) is 0.780. The van der Waals surface area contributed by atoms with Gasteiger partial charge in [0, 0.05) is 18.1 Å². The topological polar surface area (TPSA) is 71.5 Å². The standard InChI is InChI=1S/C15H12ClF2NO4S2/c16-10-1-3-11(4-2-10)24(20,21)13-8-19(9-13)25(22,23)12-5-6-14(17)15(18)7-12/h1-7,13H,8-9H2. The summed E-state index contributed by atoms with van der Waals surface area (Å²) in [5, 5.41) is -0.524. The summed E-state index contributed by atoms with van der Waals surface area (Å²) < 4.78 is 76.7. The van der Waals surface area contributed by atoms with Crippen LogP contribution in [0.2, 0.25) is 5.02 Å². The Labute approximate surface area is 148 Å². The van der Waals surface area contributed by atoms with Gasteiger partial charge in [-0.15, -0.1) is 0 Å². The van der Waals surface area contributed by atoms with Crippen LogP contribution < -0.4 is 0 Å². The second kappa shape index (κ2) is 6.31. The van der Waals surface area contributed by atoms with E-state index in [0.717, 1.165) is 10.4 Å². The van der Waals surface area contributed by atoms with Crippen LogP contribution in [0.4, 0.5) is 8.78 Å².